The SMILES string of the molecule is Cc1cccc(NCc2cc3c(cc2O)OCO3)c1C#N. The minimum absolute atomic E-state index is 0.137. The van der Waals surface area contributed by atoms with Crippen molar-refractivity contribution >= 4 is 5.69 Å². The number of anilines is 1. The molecule has 0 atom stereocenters. The minimum Gasteiger partial charge on any atom is -0.507 e. The van der Waals surface area contributed by atoms with Crippen LogP contribution in [0.3, 0.4) is 0 Å². The molecule has 1 heterocycles. The molecule has 0 radical (unpaired) electrons. The normalized spacial score (nSPS) is 12.0. The Labute approximate surface area is 122 Å². The van der Waals surface area contributed by atoms with Gasteiger partial charge in [0.25, 0.3) is 0 Å². The van der Waals surface area contributed by atoms with Gasteiger partial charge in [-0.3, -0.25) is 0 Å². The highest BCUT2D eigenvalue weighted by Crippen LogP contribution is 2.37. The van der Waals surface area contributed by atoms with Crippen LogP contribution < -0.4 is 14.8 Å². The topological polar surface area (TPSA) is 74.5 Å². The summed E-state index contributed by atoms with van der Waals surface area (Å²) in [6, 6.07) is 11.1. The molecule has 2 N–H and O–H groups in total. The van der Waals surface area contributed by atoms with Gasteiger partial charge in [0.1, 0.15) is 11.8 Å². The Morgan fingerprint density at radius 3 is 2.81 bits per heavy atom. The highest BCUT2D eigenvalue weighted by Gasteiger charge is 2.17. The Kier molecular flexibility index (Phi) is 3.28. The van der Waals surface area contributed by atoms with E-state index in [-0.39, 0.29) is 12.5 Å². The highest BCUT2D eigenvalue weighted by atomic mass is 16.7. The number of phenolic OH excluding ortho intramolecular Hbond substituents is 1. The number of benzene rings is 2. The van der Waals surface area contributed by atoms with E-state index >= 15 is 0 Å². The van der Waals surface area contributed by atoms with E-state index in [2.05, 4.69) is 11.4 Å². The molecule has 0 aromatic heterocycles. The van der Waals surface area contributed by atoms with E-state index in [4.69, 9.17) is 9.47 Å². The van der Waals surface area contributed by atoms with Gasteiger partial charge in [0.15, 0.2) is 11.5 Å². The molecule has 5 heteroatoms. The second-order valence-electron chi connectivity index (χ2n) is 4.80. The first kappa shape index (κ1) is 13.1. The third-order valence-electron chi connectivity index (χ3n) is 3.43. The Hall–Kier alpha value is -2.87. The number of ether oxygens (including phenoxy) is 2. The Morgan fingerprint density at radius 2 is 2.05 bits per heavy atom. The van der Waals surface area contributed by atoms with Gasteiger partial charge in [-0.2, -0.15) is 5.26 Å². The summed E-state index contributed by atoms with van der Waals surface area (Å²) in [6.45, 7) is 2.45. The zero-order valence-corrected chi connectivity index (χ0v) is 11.5. The lowest BCUT2D eigenvalue weighted by Crippen LogP contribution is -2.02. The lowest BCUT2D eigenvalue weighted by atomic mass is 10.1. The van der Waals surface area contributed by atoms with Crippen LogP contribution in [0.2, 0.25) is 0 Å². The molecule has 1 aliphatic heterocycles. The molecule has 0 fully saturated rings. The third kappa shape index (κ3) is 2.43. The van der Waals surface area contributed by atoms with Gasteiger partial charge in [0.05, 0.1) is 11.3 Å². The molecule has 0 saturated carbocycles. The van der Waals surface area contributed by atoms with Crippen LogP contribution in [-0.4, -0.2) is 11.9 Å². The number of nitrogens with zero attached hydrogens (tertiary/aromatic N) is 1. The van der Waals surface area contributed by atoms with Crippen molar-refractivity contribution in [1.29, 1.82) is 5.26 Å². The Bertz CT molecular complexity index is 735. The molecule has 0 amide bonds. The van der Waals surface area contributed by atoms with Crippen molar-refractivity contribution < 1.29 is 14.6 Å². The molecule has 0 unspecified atom stereocenters. The van der Waals surface area contributed by atoms with Crippen molar-refractivity contribution in [2.45, 2.75) is 13.5 Å². The van der Waals surface area contributed by atoms with E-state index in [1.165, 1.54) is 0 Å². The van der Waals surface area contributed by atoms with E-state index in [1.807, 2.05) is 25.1 Å². The fourth-order valence-corrected chi connectivity index (χ4v) is 2.27. The molecule has 3 rings (SSSR count). The molecule has 21 heavy (non-hydrogen) atoms. The van der Waals surface area contributed by atoms with Crippen molar-refractivity contribution in [2.24, 2.45) is 0 Å². The fraction of sp³-hybridized carbons (Fsp3) is 0.188. The van der Waals surface area contributed by atoms with Crippen molar-refractivity contribution in [3.63, 3.8) is 0 Å². The summed E-state index contributed by atoms with van der Waals surface area (Å²) in [5, 5.41) is 22.4. The van der Waals surface area contributed by atoms with Crippen molar-refractivity contribution in [3.05, 3.63) is 47.0 Å². The highest BCUT2D eigenvalue weighted by molar-refractivity contribution is 5.61. The molecule has 0 aliphatic carbocycles. The van der Waals surface area contributed by atoms with Crippen molar-refractivity contribution in [3.8, 4) is 23.3 Å². The van der Waals surface area contributed by atoms with Crippen molar-refractivity contribution in [1.82, 2.24) is 0 Å². The van der Waals surface area contributed by atoms with Crippen LogP contribution in [0.4, 0.5) is 5.69 Å². The molecule has 0 bridgehead atoms. The molecule has 2 aromatic carbocycles. The third-order valence-corrected chi connectivity index (χ3v) is 3.43. The lowest BCUT2D eigenvalue weighted by molar-refractivity contribution is 0.174. The van der Waals surface area contributed by atoms with Crippen LogP contribution in [0.25, 0.3) is 0 Å². The summed E-state index contributed by atoms with van der Waals surface area (Å²) < 4.78 is 10.5. The number of hydrogen-bond donors (Lipinski definition) is 2. The van der Waals surface area contributed by atoms with Gasteiger partial charge >= 0.3 is 0 Å². The number of fused-ring (bicyclic) bond motifs is 1. The summed E-state index contributed by atoms with van der Waals surface area (Å²) in [5.41, 5.74) is 2.95. The monoisotopic (exact) mass is 282 g/mol. The number of hydrogen-bond acceptors (Lipinski definition) is 5. The van der Waals surface area contributed by atoms with Crippen LogP contribution in [0.15, 0.2) is 30.3 Å². The smallest absolute Gasteiger partial charge is 0.231 e. The van der Waals surface area contributed by atoms with Crippen LogP contribution in [0, 0.1) is 18.3 Å². The molecule has 0 saturated heterocycles. The number of nitrogens with one attached hydrogen (secondary N) is 1. The maximum Gasteiger partial charge on any atom is 0.231 e. The Balaban J connectivity index is 1.83. The summed E-state index contributed by atoms with van der Waals surface area (Å²) in [7, 11) is 0. The van der Waals surface area contributed by atoms with Crippen molar-refractivity contribution in [2.75, 3.05) is 12.1 Å². The number of rotatable bonds is 3. The first-order chi connectivity index (χ1) is 10.2. The van der Waals surface area contributed by atoms with Crippen LogP contribution >= 0.6 is 0 Å². The average Bonchev–Trinajstić information content (AvgIpc) is 2.91. The maximum atomic E-state index is 9.99. The van der Waals surface area contributed by atoms with Crippen LogP contribution in [0.5, 0.6) is 17.2 Å². The van der Waals surface area contributed by atoms with Gasteiger partial charge in [0, 0.05) is 18.2 Å². The molecular formula is C16H14N2O3. The van der Waals surface area contributed by atoms with Gasteiger partial charge in [-0.25, -0.2) is 0 Å². The second-order valence-corrected chi connectivity index (χ2v) is 4.80. The predicted octanol–water partition coefficient (Wildman–Crippen LogP) is 2.91. The van der Waals surface area contributed by atoms with Gasteiger partial charge in [-0.1, -0.05) is 12.1 Å². The number of phenols is 1. The summed E-state index contributed by atoms with van der Waals surface area (Å²) >= 11 is 0. The second kappa shape index (κ2) is 5.25. The molecule has 1 aliphatic rings. The Morgan fingerprint density at radius 1 is 1.29 bits per heavy atom. The number of aromatic hydroxyl groups is 1. The van der Waals surface area contributed by atoms with E-state index < -0.39 is 0 Å². The largest absolute Gasteiger partial charge is 0.507 e. The summed E-state index contributed by atoms with van der Waals surface area (Å²) in [6.07, 6.45) is 0. The van der Waals surface area contributed by atoms with Gasteiger partial charge < -0.3 is 19.9 Å². The molecule has 2 aromatic rings. The standard InChI is InChI=1S/C16H14N2O3/c1-10-3-2-4-13(12(10)7-17)18-8-11-5-15-16(6-14(11)19)21-9-20-15/h2-6,18-19H,8-9H2,1H3. The van der Waals surface area contributed by atoms with Crippen LogP contribution in [-0.2, 0) is 6.54 Å². The molecule has 0 spiro atoms. The molecule has 106 valence electrons. The van der Waals surface area contributed by atoms with E-state index in [0.717, 1.165) is 11.3 Å². The fourth-order valence-electron chi connectivity index (χ4n) is 2.27. The number of aryl methyl sites for hydroxylation is 1. The average molecular weight is 282 g/mol. The molecular weight excluding hydrogens is 268 g/mol. The first-order valence-electron chi connectivity index (χ1n) is 6.54. The lowest BCUT2D eigenvalue weighted by Gasteiger charge is -2.11. The predicted molar refractivity (Wildman–Crippen MR) is 77.5 cm³/mol. The van der Waals surface area contributed by atoms with Gasteiger partial charge in [0.2, 0.25) is 6.79 Å². The van der Waals surface area contributed by atoms with E-state index in [9.17, 15) is 10.4 Å². The van der Waals surface area contributed by atoms with Crippen LogP contribution in [0.1, 0.15) is 16.7 Å². The maximum absolute atomic E-state index is 9.99. The van der Waals surface area contributed by atoms with Gasteiger partial charge in [-0.15, -0.1) is 0 Å². The number of nitriles is 1. The first-order valence-corrected chi connectivity index (χ1v) is 6.54. The zero-order valence-electron chi connectivity index (χ0n) is 11.5. The summed E-state index contributed by atoms with van der Waals surface area (Å²) in [5.74, 6) is 1.30. The van der Waals surface area contributed by atoms with Gasteiger partial charge in [-0.05, 0) is 24.6 Å². The zero-order chi connectivity index (χ0) is 14.8. The molecule has 5 nitrogen and oxygen atoms in total. The quantitative estimate of drug-likeness (QED) is 0.905. The van der Waals surface area contributed by atoms with E-state index in [0.29, 0.717) is 29.2 Å². The van der Waals surface area contributed by atoms with E-state index in [1.54, 1.807) is 12.1 Å². The minimum atomic E-state index is 0.137. The summed E-state index contributed by atoms with van der Waals surface area (Å²) in [4.78, 5) is 0.